The lowest BCUT2D eigenvalue weighted by Gasteiger charge is -2.15. The van der Waals surface area contributed by atoms with Crippen molar-refractivity contribution in [2.75, 3.05) is 5.01 Å². The minimum absolute atomic E-state index is 0.110. The number of carboxylic acid groups (broad SMARTS) is 1. The number of alkyl halides is 4. The average Bonchev–Trinajstić information content (AvgIpc) is 3.25. The molecule has 1 saturated carbocycles. The van der Waals surface area contributed by atoms with Crippen LogP contribution in [0.1, 0.15) is 22.3 Å². The maximum atomic E-state index is 13.8. The Morgan fingerprint density at radius 1 is 1.27 bits per heavy atom. The molecule has 2 unspecified atom stereocenters. The minimum Gasteiger partial charge on any atom is -0.478 e. The van der Waals surface area contributed by atoms with E-state index in [2.05, 4.69) is 14.8 Å². The first-order valence-corrected chi connectivity index (χ1v) is 10.3. The molecule has 1 aliphatic carbocycles. The van der Waals surface area contributed by atoms with Crippen molar-refractivity contribution in [3.63, 3.8) is 0 Å². The fourth-order valence-corrected chi connectivity index (χ4v) is 3.83. The first kappa shape index (κ1) is 22.6. The molecule has 2 atom stereocenters. The molecule has 1 fully saturated rings. The molecule has 33 heavy (non-hydrogen) atoms. The Balaban J connectivity index is 1.62. The summed E-state index contributed by atoms with van der Waals surface area (Å²) >= 11 is 1.08. The van der Waals surface area contributed by atoms with Crippen LogP contribution >= 0.6 is 11.3 Å². The van der Waals surface area contributed by atoms with E-state index in [1.807, 2.05) is 0 Å². The van der Waals surface area contributed by atoms with Gasteiger partial charge in [-0.05, 0) is 30.3 Å². The number of aromatic carboxylic acids is 1. The molecule has 0 amide bonds. The van der Waals surface area contributed by atoms with Crippen molar-refractivity contribution in [3.05, 3.63) is 64.8 Å². The van der Waals surface area contributed by atoms with Crippen LogP contribution in [0, 0.1) is 5.82 Å². The van der Waals surface area contributed by atoms with Crippen LogP contribution in [-0.4, -0.2) is 40.9 Å². The molecule has 1 aliphatic rings. The lowest BCUT2D eigenvalue weighted by Crippen LogP contribution is -2.21. The van der Waals surface area contributed by atoms with Crippen molar-refractivity contribution < 1.29 is 36.6 Å². The third-order valence-electron chi connectivity index (χ3n) is 4.61. The Morgan fingerprint density at radius 3 is 2.70 bits per heavy atom. The summed E-state index contributed by atoms with van der Waals surface area (Å²) in [6, 6.07) is 7.78. The molecule has 0 saturated heterocycles. The summed E-state index contributed by atoms with van der Waals surface area (Å²) < 4.78 is 68.6. The smallest absolute Gasteiger partial charge is 0.478 e. The van der Waals surface area contributed by atoms with Gasteiger partial charge in [-0.2, -0.15) is 5.10 Å². The van der Waals surface area contributed by atoms with E-state index in [0.29, 0.717) is 11.3 Å². The van der Waals surface area contributed by atoms with Gasteiger partial charge in [0.2, 0.25) is 5.13 Å². The lowest BCUT2D eigenvalue weighted by atomic mass is 10.1. The van der Waals surface area contributed by atoms with Crippen molar-refractivity contribution in [2.24, 2.45) is 5.10 Å². The Kier molecular flexibility index (Phi) is 6.02. The quantitative estimate of drug-likeness (QED) is 0.273. The number of halogens is 5. The molecule has 1 heterocycles. The molecule has 172 valence electrons. The van der Waals surface area contributed by atoms with Gasteiger partial charge < -0.3 is 9.84 Å². The Morgan fingerprint density at radius 2 is 2.03 bits per heavy atom. The summed E-state index contributed by atoms with van der Waals surface area (Å²) in [6.07, 6.45) is -4.66. The molecule has 6 nitrogen and oxygen atoms in total. The van der Waals surface area contributed by atoms with Crippen LogP contribution in [0.4, 0.5) is 27.1 Å². The second-order valence-electron chi connectivity index (χ2n) is 7.04. The van der Waals surface area contributed by atoms with E-state index in [1.54, 1.807) is 11.4 Å². The number of thiazole rings is 1. The number of carbonyl (C=O) groups is 1. The fourth-order valence-electron chi connectivity index (χ4n) is 2.99. The monoisotopic (exact) mass is 483 g/mol. The minimum atomic E-state index is -4.84. The van der Waals surface area contributed by atoms with Gasteiger partial charge in [-0.25, -0.2) is 23.6 Å². The van der Waals surface area contributed by atoms with Gasteiger partial charge in [0.1, 0.15) is 17.7 Å². The van der Waals surface area contributed by atoms with Gasteiger partial charge in [0, 0.05) is 22.9 Å². The highest BCUT2D eigenvalue weighted by Gasteiger charge is 2.44. The summed E-state index contributed by atoms with van der Waals surface area (Å²) in [7, 11) is 0. The van der Waals surface area contributed by atoms with Crippen molar-refractivity contribution in [2.45, 2.75) is 25.0 Å². The number of carboxylic acids is 1. The van der Waals surface area contributed by atoms with E-state index in [4.69, 9.17) is 0 Å². The number of hydrogen-bond donors (Lipinski definition) is 1. The molecule has 0 bridgehead atoms. The van der Waals surface area contributed by atoms with Crippen molar-refractivity contribution in [3.8, 4) is 17.0 Å². The lowest BCUT2D eigenvalue weighted by molar-refractivity contribution is -0.274. The molecule has 0 radical (unpaired) electrons. The first-order chi connectivity index (χ1) is 15.6. The highest BCUT2D eigenvalue weighted by Crippen LogP contribution is 2.38. The zero-order valence-electron chi connectivity index (χ0n) is 16.5. The van der Waals surface area contributed by atoms with Gasteiger partial charge in [-0.3, -0.25) is 0 Å². The predicted octanol–water partition coefficient (Wildman–Crippen LogP) is 5.50. The van der Waals surface area contributed by atoms with Crippen LogP contribution in [0.15, 0.2) is 52.9 Å². The number of ether oxygens (including phenoxy) is 1. The van der Waals surface area contributed by atoms with Crippen LogP contribution in [-0.2, 0) is 0 Å². The normalized spacial score (nSPS) is 17.8. The Hall–Kier alpha value is -3.54. The second kappa shape index (κ2) is 8.77. The third kappa shape index (κ3) is 5.45. The highest BCUT2D eigenvalue weighted by molar-refractivity contribution is 7.14. The number of anilines is 1. The molecule has 2 aromatic carbocycles. The van der Waals surface area contributed by atoms with Crippen LogP contribution in [0.5, 0.6) is 5.75 Å². The zero-order valence-corrected chi connectivity index (χ0v) is 17.3. The van der Waals surface area contributed by atoms with Gasteiger partial charge in [0.05, 0.1) is 23.5 Å². The van der Waals surface area contributed by atoms with Crippen LogP contribution in [0.2, 0.25) is 0 Å². The summed E-state index contributed by atoms with van der Waals surface area (Å²) in [4.78, 5) is 15.7. The Bertz CT molecular complexity index is 1210. The molecule has 3 aromatic rings. The number of benzene rings is 2. The van der Waals surface area contributed by atoms with Crippen LogP contribution in [0.3, 0.4) is 0 Å². The topological polar surface area (TPSA) is 75.0 Å². The summed E-state index contributed by atoms with van der Waals surface area (Å²) in [6.45, 7) is 0. The number of rotatable bonds is 7. The van der Waals surface area contributed by atoms with E-state index >= 15 is 0 Å². The van der Waals surface area contributed by atoms with Crippen molar-refractivity contribution >= 4 is 28.7 Å². The van der Waals surface area contributed by atoms with E-state index in [1.165, 1.54) is 29.4 Å². The molecule has 0 aliphatic heterocycles. The van der Waals surface area contributed by atoms with Gasteiger partial charge in [0.15, 0.2) is 0 Å². The number of aromatic nitrogens is 1. The van der Waals surface area contributed by atoms with Gasteiger partial charge in [-0.15, -0.1) is 24.5 Å². The fraction of sp³-hybridized carbons (Fsp3) is 0.190. The maximum Gasteiger partial charge on any atom is 0.573 e. The molecular formula is C21H14F5N3O3S. The maximum absolute atomic E-state index is 13.8. The molecule has 1 aromatic heterocycles. The third-order valence-corrected chi connectivity index (χ3v) is 5.44. The number of hydrogen-bond acceptors (Lipinski definition) is 6. The van der Waals surface area contributed by atoms with Gasteiger partial charge in [0.25, 0.3) is 0 Å². The first-order valence-electron chi connectivity index (χ1n) is 9.42. The van der Waals surface area contributed by atoms with Crippen LogP contribution in [0.25, 0.3) is 11.3 Å². The largest absolute Gasteiger partial charge is 0.573 e. The zero-order chi connectivity index (χ0) is 23.8. The van der Waals surface area contributed by atoms with Gasteiger partial charge in [-0.1, -0.05) is 12.1 Å². The van der Waals surface area contributed by atoms with E-state index < -0.39 is 36.1 Å². The average molecular weight is 483 g/mol. The van der Waals surface area contributed by atoms with Gasteiger partial charge >= 0.3 is 12.3 Å². The standard InChI is InChI=1S/C21H14F5N3O3S/c22-13-5-4-12(15(7-13)19(30)31)9-27-29(18-8-16(18)23)20-28-17(10-33-20)11-2-1-3-14(6-11)32-21(24,25)26/h1-7,9-10,16,18H,8H2,(H,30,31)/b27-9+. The molecule has 12 heteroatoms. The molecular weight excluding hydrogens is 469 g/mol. The van der Waals surface area contributed by atoms with Crippen molar-refractivity contribution in [1.29, 1.82) is 0 Å². The van der Waals surface area contributed by atoms with E-state index in [-0.39, 0.29) is 22.7 Å². The van der Waals surface area contributed by atoms with E-state index in [0.717, 1.165) is 29.5 Å². The molecule has 4 rings (SSSR count). The molecule has 1 N–H and O–H groups in total. The summed E-state index contributed by atoms with van der Waals surface area (Å²) in [5.74, 6) is -2.49. The number of nitrogens with zero attached hydrogens (tertiary/aromatic N) is 3. The predicted molar refractivity (Wildman–Crippen MR) is 111 cm³/mol. The number of hydrazone groups is 1. The van der Waals surface area contributed by atoms with E-state index in [9.17, 15) is 31.9 Å². The SMILES string of the molecule is O=C(O)c1cc(F)ccc1/C=N/N(c1nc(-c2cccc(OC(F)(F)F)c2)cs1)C1CC1F. The molecule has 0 spiro atoms. The summed E-state index contributed by atoms with van der Waals surface area (Å²) in [5.41, 5.74) is 0.473. The highest BCUT2D eigenvalue weighted by atomic mass is 32.1. The van der Waals surface area contributed by atoms with Crippen molar-refractivity contribution in [1.82, 2.24) is 4.98 Å². The second-order valence-corrected chi connectivity index (χ2v) is 7.87. The van der Waals surface area contributed by atoms with Crippen LogP contribution < -0.4 is 9.75 Å². The Labute approximate surface area is 187 Å². The summed E-state index contributed by atoms with van der Waals surface area (Å²) in [5, 5.41) is 16.6.